The van der Waals surface area contributed by atoms with Crippen LogP contribution in [0.4, 0.5) is 5.69 Å². The summed E-state index contributed by atoms with van der Waals surface area (Å²) in [7, 11) is 1.69. The molecule has 2 aromatic rings. The molecule has 0 radical (unpaired) electrons. The fourth-order valence-electron chi connectivity index (χ4n) is 3.69. The number of anilines is 1. The number of aromatic nitrogens is 3. The minimum absolute atomic E-state index is 0.174. The van der Waals surface area contributed by atoms with Gasteiger partial charge in [0.05, 0.1) is 35.4 Å². The molecule has 0 spiro atoms. The van der Waals surface area contributed by atoms with Crippen molar-refractivity contribution in [3.8, 4) is 12.3 Å². The molecule has 0 fully saturated rings. The Labute approximate surface area is 190 Å². The lowest BCUT2D eigenvalue weighted by atomic mass is 9.77. The number of carbonyl (C=O) groups excluding carboxylic acids is 1. The maximum absolute atomic E-state index is 12.8. The van der Waals surface area contributed by atoms with Crippen LogP contribution in [-0.2, 0) is 10.3 Å². The van der Waals surface area contributed by atoms with Crippen molar-refractivity contribution in [3.05, 3.63) is 47.3 Å². The number of allylic oxidation sites excluding steroid dienone is 2. The summed E-state index contributed by atoms with van der Waals surface area (Å²) in [5.74, 6) is 2.27. The molecule has 1 amide bonds. The summed E-state index contributed by atoms with van der Waals surface area (Å²) in [5, 5.41) is 6.45. The molecule has 0 atom stereocenters. The van der Waals surface area contributed by atoms with E-state index in [9.17, 15) is 4.79 Å². The molecule has 1 aliphatic carbocycles. The van der Waals surface area contributed by atoms with E-state index < -0.39 is 0 Å². The van der Waals surface area contributed by atoms with Gasteiger partial charge in [-0.05, 0) is 56.2 Å². The van der Waals surface area contributed by atoms with Gasteiger partial charge < -0.3 is 20.4 Å². The number of carbonyl (C=O) groups is 1. The number of imidazole rings is 1. The Balaban J connectivity index is 1.94. The van der Waals surface area contributed by atoms with Crippen molar-refractivity contribution in [3.63, 3.8) is 0 Å². The fraction of sp³-hybridized carbons (Fsp3) is 0.480. The average Bonchev–Trinajstić information content (AvgIpc) is 3.24. The Hall–Kier alpha value is -2.95. The third-order valence-electron chi connectivity index (χ3n) is 5.88. The quantitative estimate of drug-likeness (QED) is 0.429. The second-order valence-electron chi connectivity index (χ2n) is 9.48. The van der Waals surface area contributed by atoms with Gasteiger partial charge in [0.25, 0.3) is 5.91 Å². The zero-order chi connectivity index (χ0) is 23.4. The maximum atomic E-state index is 12.8. The minimum atomic E-state index is -0.354. The van der Waals surface area contributed by atoms with Crippen LogP contribution in [0.25, 0.3) is 5.57 Å². The first-order valence-corrected chi connectivity index (χ1v) is 10.9. The zero-order valence-corrected chi connectivity index (χ0v) is 19.6. The van der Waals surface area contributed by atoms with E-state index in [1.165, 1.54) is 6.20 Å². The number of rotatable bonds is 8. The van der Waals surface area contributed by atoms with E-state index in [-0.39, 0.29) is 22.7 Å². The average molecular weight is 436 g/mol. The number of methoxy groups -OCH3 is 1. The number of pyridine rings is 1. The smallest absolute Gasteiger partial charge is 0.291 e. The summed E-state index contributed by atoms with van der Waals surface area (Å²) >= 11 is 0. The first-order valence-electron chi connectivity index (χ1n) is 10.9. The lowest BCUT2D eigenvalue weighted by Gasteiger charge is -2.30. The number of nitrogens with one attached hydrogen (secondary N) is 3. The molecule has 0 unspecified atom stereocenters. The summed E-state index contributed by atoms with van der Waals surface area (Å²) in [6.07, 6.45) is 12.0. The van der Waals surface area contributed by atoms with E-state index in [0.29, 0.717) is 24.5 Å². The Bertz CT molecular complexity index is 1040. The number of ether oxygens (including phenoxy) is 1. The Morgan fingerprint density at radius 3 is 2.78 bits per heavy atom. The van der Waals surface area contributed by atoms with Crippen LogP contribution in [-0.4, -0.2) is 41.1 Å². The van der Waals surface area contributed by atoms with Crippen molar-refractivity contribution in [1.82, 2.24) is 20.3 Å². The number of aromatic amines is 1. The first kappa shape index (κ1) is 23.7. The van der Waals surface area contributed by atoms with Gasteiger partial charge in [0.2, 0.25) is 0 Å². The molecule has 0 saturated heterocycles. The molecule has 3 N–H and O–H groups in total. The highest BCUT2D eigenvalue weighted by Gasteiger charge is 2.27. The van der Waals surface area contributed by atoms with Crippen LogP contribution in [0.5, 0.6) is 0 Å². The molecule has 0 aromatic carbocycles. The second-order valence-corrected chi connectivity index (χ2v) is 9.48. The molecule has 1 aliphatic rings. The summed E-state index contributed by atoms with van der Waals surface area (Å²) in [5.41, 5.74) is 3.90. The number of hydrogen-bond acceptors (Lipinski definition) is 5. The largest absolute Gasteiger partial charge is 0.383 e. The van der Waals surface area contributed by atoms with Crippen LogP contribution in [0, 0.1) is 17.8 Å². The van der Waals surface area contributed by atoms with Crippen molar-refractivity contribution in [2.45, 2.75) is 52.5 Å². The van der Waals surface area contributed by atoms with Gasteiger partial charge >= 0.3 is 0 Å². The SMILES string of the molecule is C#Cc1cnc(C(=O)Nc2ccc(C(C)(C)NCCOC)nc2C2=CCC(C)(C)CC2)[nH]1. The highest BCUT2D eigenvalue weighted by Crippen LogP contribution is 2.39. The van der Waals surface area contributed by atoms with E-state index in [1.54, 1.807) is 7.11 Å². The number of H-pyrrole nitrogens is 1. The molecule has 32 heavy (non-hydrogen) atoms. The van der Waals surface area contributed by atoms with Crippen molar-refractivity contribution < 1.29 is 9.53 Å². The molecule has 7 nitrogen and oxygen atoms in total. The van der Waals surface area contributed by atoms with Gasteiger partial charge in [0, 0.05) is 13.7 Å². The van der Waals surface area contributed by atoms with Crippen LogP contribution < -0.4 is 10.6 Å². The predicted molar refractivity (Wildman–Crippen MR) is 127 cm³/mol. The molecular weight excluding hydrogens is 402 g/mol. The molecule has 2 heterocycles. The lowest BCUT2D eigenvalue weighted by molar-refractivity contribution is 0.101. The summed E-state index contributed by atoms with van der Waals surface area (Å²) in [6, 6.07) is 3.86. The van der Waals surface area contributed by atoms with Crippen molar-refractivity contribution in [1.29, 1.82) is 0 Å². The van der Waals surface area contributed by atoms with Crippen LogP contribution in [0.3, 0.4) is 0 Å². The van der Waals surface area contributed by atoms with E-state index in [0.717, 1.165) is 36.2 Å². The Morgan fingerprint density at radius 2 is 2.16 bits per heavy atom. The molecule has 7 heteroatoms. The van der Waals surface area contributed by atoms with Crippen LogP contribution in [0.2, 0.25) is 0 Å². The van der Waals surface area contributed by atoms with E-state index in [2.05, 4.69) is 60.3 Å². The van der Waals surface area contributed by atoms with Crippen LogP contribution >= 0.6 is 0 Å². The van der Waals surface area contributed by atoms with Crippen molar-refractivity contribution in [2.75, 3.05) is 25.6 Å². The second kappa shape index (κ2) is 9.68. The van der Waals surface area contributed by atoms with Crippen molar-refractivity contribution in [2.24, 2.45) is 5.41 Å². The molecular formula is C25H33N5O2. The topological polar surface area (TPSA) is 91.9 Å². The molecule has 0 aliphatic heterocycles. The molecule has 2 aromatic heterocycles. The van der Waals surface area contributed by atoms with Gasteiger partial charge in [-0.2, -0.15) is 0 Å². The van der Waals surface area contributed by atoms with Gasteiger partial charge in [-0.15, -0.1) is 6.42 Å². The Morgan fingerprint density at radius 1 is 1.38 bits per heavy atom. The standard InChI is InChI=1S/C25H33N5O2/c1-7-18-16-26-22(28-18)23(31)29-19-8-9-20(25(4,5)27-14-15-32-6)30-21(19)17-10-12-24(2,3)13-11-17/h1,8-10,16,27H,11-15H2,2-6H3,(H,26,28)(H,29,31). The number of terminal acetylenes is 1. The third kappa shape index (κ3) is 5.64. The number of amides is 1. The van der Waals surface area contributed by atoms with Crippen molar-refractivity contribution >= 4 is 17.2 Å². The fourth-order valence-corrected chi connectivity index (χ4v) is 3.69. The number of hydrogen-bond donors (Lipinski definition) is 3. The zero-order valence-electron chi connectivity index (χ0n) is 19.6. The summed E-state index contributed by atoms with van der Waals surface area (Å²) < 4.78 is 5.17. The summed E-state index contributed by atoms with van der Waals surface area (Å²) in [4.78, 5) is 24.7. The predicted octanol–water partition coefficient (Wildman–Crippen LogP) is 4.10. The normalized spacial score (nSPS) is 15.7. The highest BCUT2D eigenvalue weighted by molar-refractivity contribution is 6.03. The summed E-state index contributed by atoms with van der Waals surface area (Å²) in [6.45, 7) is 10.1. The number of nitrogens with zero attached hydrogens (tertiary/aromatic N) is 2. The van der Waals surface area contributed by atoms with Gasteiger partial charge in [-0.1, -0.05) is 25.8 Å². The molecule has 170 valence electrons. The van der Waals surface area contributed by atoms with E-state index >= 15 is 0 Å². The van der Waals surface area contributed by atoms with Gasteiger partial charge in [0.1, 0.15) is 5.69 Å². The molecule has 3 rings (SSSR count). The van der Waals surface area contributed by atoms with Gasteiger partial charge in [-0.3, -0.25) is 4.79 Å². The third-order valence-corrected chi connectivity index (χ3v) is 5.88. The van der Waals surface area contributed by atoms with Gasteiger partial charge in [-0.25, -0.2) is 9.97 Å². The van der Waals surface area contributed by atoms with Gasteiger partial charge in [0.15, 0.2) is 5.82 Å². The maximum Gasteiger partial charge on any atom is 0.291 e. The highest BCUT2D eigenvalue weighted by atomic mass is 16.5. The van der Waals surface area contributed by atoms with Crippen LogP contribution in [0.1, 0.15) is 74.7 Å². The van der Waals surface area contributed by atoms with E-state index in [4.69, 9.17) is 16.1 Å². The molecule has 0 saturated carbocycles. The van der Waals surface area contributed by atoms with Crippen LogP contribution in [0.15, 0.2) is 24.4 Å². The monoisotopic (exact) mass is 435 g/mol. The first-order chi connectivity index (χ1) is 15.1. The Kier molecular flexibility index (Phi) is 7.17. The minimum Gasteiger partial charge on any atom is -0.383 e. The lowest BCUT2D eigenvalue weighted by Crippen LogP contribution is -2.39. The molecule has 0 bridgehead atoms. The van der Waals surface area contributed by atoms with E-state index in [1.807, 2.05) is 12.1 Å².